The third kappa shape index (κ3) is 2.82. The van der Waals surface area contributed by atoms with Gasteiger partial charge in [0.15, 0.2) is 5.69 Å². The molecule has 18 heavy (non-hydrogen) atoms. The van der Waals surface area contributed by atoms with E-state index in [0.717, 1.165) is 5.56 Å². The van der Waals surface area contributed by atoms with Crippen molar-refractivity contribution >= 4 is 5.97 Å². The summed E-state index contributed by atoms with van der Waals surface area (Å²) in [5, 5.41) is 0. The summed E-state index contributed by atoms with van der Waals surface area (Å²) < 4.78 is 10.1. The number of hydrogen-bond acceptors (Lipinski definition) is 5. The quantitative estimate of drug-likeness (QED) is 0.775. The summed E-state index contributed by atoms with van der Waals surface area (Å²) in [5.74, 6) is 0.354. The van der Waals surface area contributed by atoms with E-state index in [4.69, 9.17) is 4.74 Å². The van der Waals surface area contributed by atoms with Gasteiger partial charge in [-0.1, -0.05) is 12.1 Å². The molecule has 0 aliphatic heterocycles. The first-order chi connectivity index (χ1) is 8.69. The molecule has 0 atom stereocenters. The molecular weight excluding hydrogens is 232 g/mol. The minimum Gasteiger partial charge on any atom is -0.464 e. The molecule has 0 aliphatic rings. The van der Waals surface area contributed by atoms with E-state index in [1.54, 1.807) is 6.07 Å². The van der Waals surface area contributed by atoms with E-state index >= 15 is 0 Å². The Kier molecular flexibility index (Phi) is 3.52. The molecule has 2 rings (SSSR count). The van der Waals surface area contributed by atoms with Crippen LogP contribution in [0.3, 0.4) is 0 Å². The van der Waals surface area contributed by atoms with Gasteiger partial charge in [0.2, 0.25) is 5.88 Å². The molecule has 0 N–H and O–H groups in total. The van der Waals surface area contributed by atoms with Crippen LogP contribution in [0.25, 0.3) is 0 Å². The predicted molar refractivity (Wildman–Crippen MR) is 64.6 cm³/mol. The number of rotatable bonds is 3. The SMILES string of the molecule is COC(=O)c1cncc(Oc2cccc(C)c2)n1. The summed E-state index contributed by atoms with van der Waals surface area (Å²) in [6.07, 6.45) is 2.77. The van der Waals surface area contributed by atoms with Crippen LogP contribution in [0, 0.1) is 6.92 Å². The van der Waals surface area contributed by atoms with Crippen molar-refractivity contribution in [3.63, 3.8) is 0 Å². The fourth-order valence-corrected chi connectivity index (χ4v) is 1.40. The first-order valence-corrected chi connectivity index (χ1v) is 5.34. The number of aryl methyl sites for hydroxylation is 1. The normalized spacial score (nSPS) is 9.89. The molecule has 0 fully saturated rings. The molecule has 2 aromatic rings. The molecule has 92 valence electrons. The van der Waals surface area contributed by atoms with Gasteiger partial charge in [0.05, 0.1) is 19.5 Å². The van der Waals surface area contributed by atoms with E-state index in [2.05, 4.69) is 14.7 Å². The van der Waals surface area contributed by atoms with Gasteiger partial charge in [0.25, 0.3) is 0 Å². The minimum atomic E-state index is -0.544. The van der Waals surface area contributed by atoms with Crippen molar-refractivity contribution in [3.05, 3.63) is 47.9 Å². The Hall–Kier alpha value is -2.43. The van der Waals surface area contributed by atoms with Gasteiger partial charge in [-0.15, -0.1) is 0 Å². The van der Waals surface area contributed by atoms with Crippen LogP contribution < -0.4 is 4.74 Å². The predicted octanol–water partition coefficient (Wildman–Crippen LogP) is 2.36. The molecular formula is C13H12N2O3. The second-order valence-corrected chi connectivity index (χ2v) is 3.65. The van der Waals surface area contributed by atoms with E-state index in [1.165, 1.54) is 19.5 Å². The molecule has 1 aromatic heterocycles. The highest BCUT2D eigenvalue weighted by Crippen LogP contribution is 2.19. The van der Waals surface area contributed by atoms with Crippen LogP contribution in [0.15, 0.2) is 36.7 Å². The van der Waals surface area contributed by atoms with Crippen molar-refractivity contribution in [1.82, 2.24) is 9.97 Å². The Morgan fingerprint density at radius 3 is 2.83 bits per heavy atom. The average molecular weight is 244 g/mol. The van der Waals surface area contributed by atoms with E-state index in [0.29, 0.717) is 5.75 Å². The Morgan fingerprint density at radius 2 is 2.11 bits per heavy atom. The smallest absolute Gasteiger partial charge is 0.358 e. The number of carbonyl (C=O) groups is 1. The minimum absolute atomic E-state index is 0.114. The summed E-state index contributed by atoms with van der Waals surface area (Å²) in [4.78, 5) is 19.2. The van der Waals surface area contributed by atoms with Crippen molar-refractivity contribution in [1.29, 1.82) is 0 Å². The third-order valence-electron chi connectivity index (χ3n) is 2.22. The summed E-state index contributed by atoms with van der Waals surface area (Å²) in [6.45, 7) is 1.96. The highest BCUT2D eigenvalue weighted by molar-refractivity contribution is 5.86. The number of nitrogens with zero attached hydrogens (tertiary/aromatic N) is 2. The lowest BCUT2D eigenvalue weighted by atomic mass is 10.2. The molecule has 0 saturated carbocycles. The van der Waals surface area contributed by atoms with Gasteiger partial charge in [0.1, 0.15) is 5.75 Å². The second kappa shape index (κ2) is 5.27. The number of ether oxygens (including phenoxy) is 2. The van der Waals surface area contributed by atoms with Crippen LogP contribution in [-0.4, -0.2) is 23.0 Å². The van der Waals surface area contributed by atoms with Crippen LogP contribution >= 0.6 is 0 Å². The topological polar surface area (TPSA) is 61.3 Å². The number of aromatic nitrogens is 2. The van der Waals surface area contributed by atoms with Gasteiger partial charge in [0, 0.05) is 0 Å². The number of esters is 1. The number of hydrogen-bond donors (Lipinski definition) is 0. The first kappa shape index (κ1) is 12.0. The van der Waals surface area contributed by atoms with E-state index in [9.17, 15) is 4.79 Å². The molecule has 1 aromatic carbocycles. The van der Waals surface area contributed by atoms with Crippen LogP contribution in [0.2, 0.25) is 0 Å². The van der Waals surface area contributed by atoms with Crippen molar-refractivity contribution in [3.8, 4) is 11.6 Å². The zero-order valence-corrected chi connectivity index (χ0v) is 10.1. The molecule has 5 heteroatoms. The number of methoxy groups -OCH3 is 1. The maximum Gasteiger partial charge on any atom is 0.358 e. The maximum absolute atomic E-state index is 11.3. The second-order valence-electron chi connectivity index (χ2n) is 3.65. The molecule has 0 aliphatic carbocycles. The Balaban J connectivity index is 2.22. The highest BCUT2D eigenvalue weighted by Gasteiger charge is 2.09. The van der Waals surface area contributed by atoms with Gasteiger partial charge in [-0.05, 0) is 24.6 Å². The Morgan fingerprint density at radius 1 is 1.28 bits per heavy atom. The maximum atomic E-state index is 11.3. The molecule has 0 spiro atoms. The molecule has 0 saturated heterocycles. The van der Waals surface area contributed by atoms with Gasteiger partial charge in [-0.25, -0.2) is 9.78 Å². The van der Waals surface area contributed by atoms with Crippen LogP contribution in [0.1, 0.15) is 16.1 Å². The molecule has 0 unspecified atom stereocenters. The molecule has 0 amide bonds. The van der Waals surface area contributed by atoms with Crippen molar-refractivity contribution < 1.29 is 14.3 Å². The number of benzene rings is 1. The lowest BCUT2D eigenvalue weighted by Gasteiger charge is -2.05. The van der Waals surface area contributed by atoms with E-state index < -0.39 is 5.97 Å². The average Bonchev–Trinajstić information content (AvgIpc) is 2.38. The van der Waals surface area contributed by atoms with Gasteiger partial charge >= 0.3 is 5.97 Å². The number of carbonyl (C=O) groups excluding carboxylic acids is 1. The van der Waals surface area contributed by atoms with Crippen LogP contribution in [0.5, 0.6) is 11.6 Å². The van der Waals surface area contributed by atoms with Crippen LogP contribution in [0.4, 0.5) is 0 Å². The summed E-state index contributed by atoms with van der Waals surface area (Å²) >= 11 is 0. The lowest BCUT2D eigenvalue weighted by Crippen LogP contribution is -2.05. The first-order valence-electron chi connectivity index (χ1n) is 5.34. The Labute approximate surface area is 104 Å². The summed E-state index contributed by atoms with van der Waals surface area (Å²) in [5.41, 5.74) is 1.19. The fraction of sp³-hybridized carbons (Fsp3) is 0.154. The van der Waals surface area contributed by atoms with Crippen molar-refractivity contribution in [2.24, 2.45) is 0 Å². The molecule has 0 radical (unpaired) electrons. The van der Waals surface area contributed by atoms with E-state index in [-0.39, 0.29) is 11.6 Å². The van der Waals surface area contributed by atoms with Gasteiger partial charge in [-0.3, -0.25) is 4.98 Å². The van der Waals surface area contributed by atoms with Gasteiger partial charge in [-0.2, -0.15) is 0 Å². The lowest BCUT2D eigenvalue weighted by molar-refractivity contribution is 0.0592. The zero-order valence-electron chi connectivity index (χ0n) is 10.1. The van der Waals surface area contributed by atoms with Crippen molar-refractivity contribution in [2.45, 2.75) is 6.92 Å². The van der Waals surface area contributed by atoms with Gasteiger partial charge < -0.3 is 9.47 Å². The summed E-state index contributed by atoms with van der Waals surface area (Å²) in [6, 6.07) is 7.51. The van der Waals surface area contributed by atoms with Crippen LogP contribution in [-0.2, 0) is 4.74 Å². The van der Waals surface area contributed by atoms with Crippen molar-refractivity contribution in [2.75, 3.05) is 7.11 Å². The monoisotopic (exact) mass is 244 g/mol. The zero-order chi connectivity index (χ0) is 13.0. The molecule has 0 bridgehead atoms. The highest BCUT2D eigenvalue weighted by atomic mass is 16.5. The molecule has 1 heterocycles. The molecule has 5 nitrogen and oxygen atoms in total. The van der Waals surface area contributed by atoms with E-state index in [1.807, 2.05) is 25.1 Å². The summed E-state index contributed by atoms with van der Waals surface area (Å²) in [7, 11) is 1.29. The standard InChI is InChI=1S/C13H12N2O3/c1-9-4-3-5-10(6-9)18-12-8-14-7-11(15-12)13(16)17-2/h3-8H,1-2H3. The largest absolute Gasteiger partial charge is 0.464 e. The Bertz CT molecular complexity index is 570. The fourth-order valence-electron chi connectivity index (χ4n) is 1.40. The third-order valence-corrected chi connectivity index (χ3v) is 2.22.